The van der Waals surface area contributed by atoms with Gasteiger partial charge in [-0.25, -0.2) is 4.79 Å². The fraction of sp³-hybridized carbons (Fsp3) is 0.571. The summed E-state index contributed by atoms with van der Waals surface area (Å²) < 4.78 is 28.8. The van der Waals surface area contributed by atoms with Gasteiger partial charge in [0.2, 0.25) is 11.5 Å². The molecule has 0 atom stereocenters. The van der Waals surface area contributed by atoms with Crippen LogP contribution < -0.4 is 24.6 Å². The monoisotopic (exact) mass is 394 g/mol. The van der Waals surface area contributed by atoms with Crippen LogP contribution in [0.15, 0.2) is 15.3 Å². The first-order valence-electron chi connectivity index (χ1n) is 9.96. The third kappa shape index (κ3) is 4.82. The number of aromatic hydroxyl groups is 1. The molecule has 2 rings (SSSR count). The number of fused-ring (bicyclic) bond motifs is 1. The summed E-state index contributed by atoms with van der Waals surface area (Å²) in [6, 6.07) is 1.59. The minimum absolute atomic E-state index is 0.0441. The molecule has 0 saturated carbocycles. The summed E-state index contributed by atoms with van der Waals surface area (Å²) >= 11 is 0. The highest BCUT2D eigenvalue weighted by Crippen LogP contribution is 2.49. The van der Waals surface area contributed by atoms with E-state index in [1.807, 2.05) is 27.7 Å². The molecule has 0 unspecified atom stereocenters. The maximum absolute atomic E-state index is 12.1. The summed E-state index contributed by atoms with van der Waals surface area (Å²) in [6.07, 6.45) is 3.08. The van der Waals surface area contributed by atoms with E-state index in [4.69, 9.17) is 23.4 Å². The van der Waals surface area contributed by atoms with E-state index in [1.165, 1.54) is 0 Å². The molecule has 156 valence electrons. The van der Waals surface area contributed by atoms with Crippen LogP contribution in [0.1, 0.15) is 53.4 Å². The zero-order valence-corrected chi connectivity index (χ0v) is 17.1. The minimum Gasteiger partial charge on any atom is -0.499 e. The number of hydrogen-bond acceptors (Lipinski definition) is 7. The summed E-state index contributed by atoms with van der Waals surface area (Å²) in [5.74, 6) is 0.674. The third-order valence-corrected chi connectivity index (χ3v) is 3.82. The second-order valence-corrected chi connectivity index (χ2v) is 6.37. The summed E-state index contributed by atoms with van der Waals surface area (Å²) in [5.41, 5.74) is -0.654. The van der Waals surface area contributed by atoms with Crippen molar-refractivity contribution in [3.63, 3.8) is 0 Å². The van der Waals surface area contributed by atoms with Gasteiger partial charge in [0, 0.05) is 6.07 Å². The molecule has 0 saturated heterocycles. The molecule has 7 heteroatoms. The normalized spacial score (nSPS) is 10.9. The lowest BCUT2D eigenvalue weighted by Crippen LogP contribution is -2.09. The molecule has 0 aliphatic rings. The van der Waals surface area contributed by atoms with Gasteiger partial charge < -0.3 is 28.5 Å². The van der Waals surface area contributed by atoms with Gasteiger partial charge in [-0.2, -0.15) is 0 Å². The average molecular weight is 394 g/mol. The quantitative estimate of drug-likeness (QED) is 0.524. The summed E-state index contributed by atoms with van der Waals surface area (Å²) in [4.78, 5) is 12.1. The maximum Gasteiger partial charge on any atom is 0.382 e. The van der Waals surface area contributed by atoms with Crippen LogP contribution in [-0.4, -0.2) is 31.5 Å². The molecule has 0 aliphatic carbocycles. The lowest BCUT2D eigenvalue weighted by atomic mass is 10.1. The molecule has 0 radical (unpaired) electrons. The molecular formula is C21H30O7. The van der Waals surface area contributed by atoms with Gasteiger partial charge in [0.15, 0.2) is 17.2 Å². The Morgan fingerprint density at radius 3 is 1.86 bits per heavy atom. The van der Waals surface area contributed by atoms with Crippen LogP contribution in [0.5, 0.6) is 28.7 Å². The van der Waals surface area contributed by atoms with Gasteiger partial charge >= 0.3 is 5.63 Å². The van der Waals surface area contributed by atoms with Gasteiger partial charge in [-0.3, -0.25) is 0 Å². The first-order valence-corrected chi connectivity index (χ1v) is 9.96. The van der Waals surface area contributed by atoms with Crippen molar-refractivity contribution in [3.8, 4) is 28.7 Å². The van der Waals surface area contributed by atoms with Crippen molar-refractivity contribution < 1.29 is 28.5 Å². The molecule has 1 aromatic heterocycles. The van der Waals surface area contributed by atoms with Crippen molar-refractivity contribution in [2.24, 2.45) is 0 Å². The average Bonchev–Trinajstić information content (AvgIpc) is 2.69. The van der Waals surface area contributed by atoms with Gasteiger partial charge in [-0.05, 0) is 25.7 Å². The first-order chi connectivity index (χ1) is 13.6. The Balaban J connectivity index is 2.80. The molecule has 1 aromatic carbocycles. The molecule has 0 spiro atoms. The molecule has 2 aromatic rings. The number of hydrogen-bond donors (Lipinski definition) is 1. The van der Waals surface area contributed by atoms with Crippen LogP contribution in [-0.2, 0) is 0 Å². The van der Waals surface area contributed by atoms with Crippen LogP contribution in [0.2, 0.25) is 0 Å². The van der Waals surface area contributed by atoms with Crippen molar-refractivity contribution >= 4 is 11.0 Å². The highest BCUT2D eigenvalue weighted by Gasteiger charge is 2.26. The van der Waals surface area contributed by atoms with Crippen LogP contribution in [0.3, 0.4) is 0 Å². The Morgan fingerprint density at radius 2 is 1.29 bits per heavy atom. The molecule has 0 aliphatic heterocycles. The Hall–Kier alpha value is -2.57. The number of rotatable bonds is 12. The van der Waals surface area contributed by atoms with Crippen molar-refractivity contribution in [2.75, 3.05) is 26.4 Å². The molecule has 0 amide bonds. The van der Waals surface area contributed by atoms with Gasteiger partial charge in [-0.15, -0.1) is 0 Å². The zero-order chi connectivity index (χ0) is 20.5. The van der Waals surface area contributed by atoms with E-state index in [-0.39, 0.29) is 11.3 Å². The van der Waals surface area contributed by atoms with Gasteiger partial charge in [0.25, 0.3) is 0 Å². The molecule has 1 N–H and O–H groups in total. The van der Waals surface area contributed by atoms with Crippen molar-refractivity contribution in [1.82, 2.24) is 0 Å². The second kappa shape index (κ2) is 10.7. The van der Waals surface area contributed by atoms with Gasteiger partial charge in [0.1, 0.15) is 11.0 Å². The minimum atomic E-state index is -0.872. The van der Waals surface area contributed by atoms with Gasteiger partial charge in [-0.1, -0.05) is 27.7 Å². The summed E-state index contributed by atoms with van der Waals surface area (Å²) in [6.45, 7) is 9.61. The van der Waals surface area contributed by atoms with Crippen molar-refractivity contribution in [2.45, 2.75) is 53.4 Å². The van der Waals surface area contributed by atoms with E-state index in [0.29, 0.717) is 55.5 Å². The SMILES string of the molecule is CCCOc1cc2oc(=O)c(O)c(OCCC)c2c(OCCC)c1OCCC. The summed E-state index contributed by atoms with van der Waals surface area (Å²) in [7, 11) is 0. The second-order valence-electron chi connectivity index (χ2n) is 6.37. The lowest BCUT2D eigenvalue weighted by molar-refractivity contribution is 0.243. The third-order valence-electron chi connectivity index (χ3n) is 3.82. The summed E-state index contributed by atoms with van der Waals surface area (Å²) in [5, 5.41) is 10.7. The Bertz CT molecular complexity index is 826. The van der Waals surface area contributed by atoms with Crippen LogP contribution in [0.25, 0.3) is 11.0 Å². The molecule has 28 heavy (non-hydrogen) atoms. The van der Waals surface area contributed by atoms with E-state index in [0.717, 1.165) is 19.3 Å². The highest BCUT2D eigenvalue weighted by atomic mass is 16.5. The number of benzene rings is 1. The van der Waals surface area contributed by atoms with Gasteiger partial charge in [0.05, 0.1) is 26.4 Å². The number of ether oxygens (including phenoxy) is 4. The highest BCUT2D eigenvalue weighted by molar-refractivity contribution is 5.95. The molecular weight excluding hydrogens is 364 g/mol. The molecule has 1 heterocycles. The molecule has 0 bridgehead atoms. The Labute approximate surface area is 165 Å². The standard InChI is InChI=1S/C21H30O7/c1-5-9-24-15-13-14-16(19(26-11-7-3)17(22)21(23)28-14)20(27-12-8-4)18(15)25-10-6-2/h13,22H,5-12H2,1-4H3. The van der Waals surface area contributed by atoms with E-state index in [1.54, 1.807) is 6.07 Å². The van der Waals surface area contributed by atoms with E-state index in [9.17, 15) is 9.90 Å². The van der Waals surface area contributed by atoms with Crippen LogP contribution >= 0.6 is 0 Å². The van der Waals surface area contributed by atoms with E-state index < -0.39 is 11.4 Å². The zero-order valence-electron chi connectivity index (χ0n) is 17.1. The van der Waals surface area contributed by atoms with Crippen molar-refractivity contribution in [1.29, 1.82) is 0 Å². The molecule has 0 fully saturated rings. The largest absolute Gasteiger partial charge is 0.499 e. The van der Waals surface area contributed by atoms with E-state index >= 15 is 0 Å². The predicted octanol–water partition coefficient (Wildman–Crippen LogP) is 4.65. The first kappa shape index (κ1) is 21.7. The maximum atomic E-state index is 12.1. The fourth-order valence-electron chi connectivity index (χ4n) is 2.60. The Morgan fingerprint density at radius 1 is 0.786 bits per heavy atom. The van der Waals surface area contributed by atoms with Crippen molar-refractivity contribution in [3.05, 3.63) is 16.5 Å². The molecule has 7 nitrogen and oxygen atoms in total. The van der Waals surface area contributed by atoms with Crippen LogP contribution in [0, 0.1) is 0 Å². The topological polar surface area (TPSA) is 87.4 Å². The lowest BCUT2D eigenvalue weighted by Gasteiger charge is -2.20. The van der Waals surface area contributed by atoms with E-state index in [2.05, 4.69) is 0 Å². The smallest absolute Gasteiger partial charge is 0.382 e. The predicted molar refractivity (Wildman–Crippen MR) is 107 cm³/mol. The fourth-order valence-corrected chi connectivity index (χ4v) is 2.60. The Kier molecular flexibility index (Phi) is 8.29. The van der Waals surface area contributed by atoms with Crippen LogP contribution in [0.4, 0.5) is 0 Å².